The Bertz CT molecular complexity index is 916. The van der Waals surface area contributed by atoms with Gasteiger partial charge in [-0.05, 0) is 56.2 Å². The zero-order valence-electron chi connectivity index (χ0n) is 19.8. The van der Waals surface area contributed by atoms with Crippen LogP contribution in [0.15, 0.2) is 18.2 Å². The van der Waals surface area contributed by atoms with E-state index in [0.717, 1.165) is 42.7 Å². The molecule has 2 saturated heterocycles. The van der Waals surface area contributed by atoms with Gasteiger partial charge in [0, 0.05) is 26.6 Å². The SMILES string of the molecule is CCCNC(=O)N1C(=O)CC(c2ccc(OC)c(OC3CCCC3)c2)(N2CCCC2=O)N1C. The van der Waals surface area contributed by atoms with Crippen LogP contribution in [0.3, 0.4) is 0 Å². The van der Waals surface area contributed by atoms with Gasteiger partial charge in [-0.25, -0.2) is 4.79 Å². The summed E-state index contributed by atoms with van der Waals surface area (Å²) >= 11 is 0. The van der Waals surface area contributed by atoms with Crippen LogP contribution in [0.2, 0.25) is 0 Å². The molecule has 1 atom stereocenters. The molecule has 1 N–H and O–H groups in total. The highest BCUT2D eigenvalue weighted by Crippen LogP contribution is 2.46. The van der Waals surface area contributed by atoms with Gasteiger partial charge in [0.2, 0.25) is 11.8 Å². The van der Waals surface area contributed by atoms with E-state index in [-0.39, 0.29) is 24.3 Å². The molecule has 1 unspecified atom stereocenters. The summed E-state index contributed by atoms with van der Waals surface area (Å²) in [6, 6.07) is 5.08. The maximum absolute atomic E-state index is 13.2. The van der Waals surface area contributed by atoms with E-state index in [1.807, 2.05) is 25.1 Å². The molecule has 4 amide bonds. The highest BCUT2D eigenvalue weighted by molar-refractivity contribution is 5.96. The second kappa shape index (κ2) is 9.59. The summed E-state index contributed by atoms with van der Waals surface area (Å²) in [6.07, 6.45) is 6.27. The van der Waals surface area contributed by atoms with Crippen LogP contribution in [0.25, 0.3) is 0 Å². The highest BCUT2D eigenvalue weighted by Gasteiger charge is 2.57. The number of urea groups is 1. The van der Waals surface area contributed by atoms with Gasteiger partial charge in [0.05, 0.1) is 19.6 Å². The maximum Gasteiger partial charge on any atom is 0.339 e. The molecule has 33 heavy (non-hydrogen) atoms. The fourth-order valence-corrected chi connectivity index (χ4v) is 5.25. The number of likely N-dealkylation sites (tertiary alicyclic amines) is 1. The van der Waals surface area contributed by atoms with Crippen molar-refractivity contribution in [3.05, 3.63) is 23.8 Å². The standard InChI is InChI=1S/C24H34N4O5/c1-4-13-25-23(31)28-22(30)16-24(26(28)2,27-14-7-10-21(27)29)17-11-12-19(32-3)20(15-17)33-18-8-5-6-9-18/h11-12,15,18H,4-10,13-14,16H2,1-3H3,(H,25,31). The zero-order chi connectivity index (χ0) is 23.6. The van der Waals surface area contributed by atoms with Crippen LogP contribution in [-0.2, 0) is 15.3 Å². The van der Waals surface area contributed by atoms with Gasteiger partial charge in [-0.2, -0.15) is 10.0 Å². The Kier molecular flexibility index (Phi) is 6.78. The van der Waals surface area contributed by atoms with Gasteiger partial charge in [-0.15, -0.1) is 0 Å². The molecule has 0 aromatic heterocycles. The molecule has 2 heterocycles. The molecule has 3 fully saturated rings. The number of hydrazine groups is 1. The Balaban J connectivity index is 1.76. The van der Waals surface area contributed by atoms with Crippen LogP contribution in [-0.4, -0.2) is 66.1 Å². The number of carbonyl (C=O) groups excluding carboxylic acids is 3. The molecule has 1 aromatic rings. The molecular weight excluding hydrogens is 424 g/mol. The Morgan fingerprint density at radius 3 is 2.55 bits per heavy atom. The fourth-order valence-electron chi connectivity index (χ4n) is 5.25. The van der Waals surface area contributed by atoms with Crippen LogP contribution in [0.4, 0.5) is 4.79 Å². The number of ether oxygens (including phenoxy) is 2. The van der Waals surface area contributed by atoms with Gasteiger partial charge >= 0.3 is 6.03 Å². The van der Waals surface area contributed by atoms with E-state index in [9.17, 15) is 14.4 Å². The predicted octanol–water partition coefficient (Wildman–Crippen LogP) is 2.99. The lowest BCUT2D eigenvalue weighted by Crippen LogP contribution is -2.59. The Morgan fingerprint density at radius 2 is 1.91 bits per heavy atom. The number of rotatable bonds is 7. The third-order valence-electron chi connectivity index (χ3n) is 6.93. The second-order valence-electron chi connectivity index (χ2n) is 8.99. The number of imide groups is 1. The summed E-state index contributed by atoms with van der Waals surface area (Å²) in [4.78, 5) is 40.7. The first-order valence-electron chi connectivity index (χ1n) is 11.9. The normalized spacial score (nSPS) is 24.1. The van der Waals surface area contributed by atoms with Gasteiger partial charge in [0.25, 0.3) is 0 Å². The summed E-state index contributed by atoms with van der Waals surface area (Å²) in [7, 11) is 3.30. The number of nitrogens with zero attached hydrogens (tertiary/aromatic N) is 3. The first kappa shape index (κ1) is 23.4. The molecule has 1 aromatic carbocycles. The van der Waals surface area contributed by atoms with E-state index in [0.29, 0.717) is 37.4 Å². The summed E-state index contributed by atoms with van der Waals surface area (Å²) in [5.74, 6) is 0.833. The molecule has 180 valence electrons. The molecule has 0 spiro atoms. The summed E-state index contributed by atoms with van der Waals surface area (Å²) in [6.45, 7) is 2.94. The van der Waals surface area contributed by atoms with Crippen molar-refractivity contribution >= 4 is 17.8 Å². The van der Waals surface area contributed by atoms with Crippen LogP contribution >= 0.6 is 0 Å². The van der Waals surface area contributed by atoms with Gasteiger partial charge in [-0.1, -0.05) is 13.0 Å². The zero-order valence-corrected chi connectivity index (χ0v) is 19.8. The minimum atomic E-state index is -1.10. The lowest BCUT2D eigenvalue weighted by atomic mass is 9.93. The van der Waals surface area contributed by atoms with E-state index in [4.69, 9.17) is 9.47 Å². The van der Waals surface area contributed by atoms with E-state index in [2.05, 4.69) is 5.32 Å². The molecule has 1 aliphatic carbocycles. The second-order valence-corrected chi connectivity index (χ2v) is 8.99. The smallest absolute Gasteiger partial charge is 0.339 e. The summed E-state index contributed by atoms with van der Waals surface area (Å²) in [5, 5.41) is 5.52. The molecule has 0 radical (unpaired) electrons. The monoisotopic (exact) mass is 458 g/mol. The molecule has 0 bridgehead atoms. The summed E-state index contributed by atoms with van der Waals surface area (Å²) in [5.41, 5.74) is -0.373. The molecule has 9 nitrogen and oxygen atoms in total. The van der Waals surface area contributed by atoms with Crippen LogP contribution < -0.4 is 14.8 Å². The number of carbonyl (C=O) groups is 3. The molecule has 9 heteroatoms. The molecule has 3 aliphatic rings. The first-order chi connectivity index (χ1) is 15.9. The van der Waals surface area contributed by atoms with Crippen LogP contribution in [0.5, 0.6) is 11.5 Å². The van der Waals surface area contributed by atoms with Crippen LogP contribution in [0, 0.1) is 0 Å². The predicted molar refractivity (Wildman–Crippen MR) is 121 cm³/mol. The topological polar surface area (TPSA) is 91.4 Å². The van der Waals surface area contributed by atoms with Crippen molar-refractivity contribution < 1.29 is 23.9 Å². The largest absolute Gasteiger partial charge is 0.493 e. The van der Waals surface area contributed by atoms with E-state index >= 15 is 0 Å². The average Bonchev–Trinajstić information content (AvgIpc) is 3.52. The maximum atomic E-state index is 13.2. The van der Waals surface area contributed by atoms with Gasteiger partial charge in [-0.3, -0.25) is 9.59 Å². The minimum Gasteiger partial charge on any atom is -0.493 e. The number of amides is 4. The molecule has 2 aliphatic heterocycles. The van der Waals surface area contributed by atoms with Crippen molar-refractivity contribution in [2.45, 2.75) is 70.1 Å². The Hall–Kier alpha value is -2.81. The third-order valence-corrected chi connectivity index (χ3v) is 6.93. The average molecular weight is 459 g/mol. The van der Waals surface area contributed by atoms with Crippen molar-refractivity contribution in [2.24, 2.45) is 0 Å². The summed E-state index contributed by atoms with van der Waals surface area (Å²) < 4.78 is 11.8. The van der Waals surface area contributed by atoms with Gasteiger partial charge < -0.3 is 19.7 Å². The third kappa shape index (κ3) is 4.14. The van der Waals surface area contributed by atoms with Gasteiger partial charge in [0.15, 0.2) is 11.5 Å². The number of nitrogens with one attached hydrogen (secondary N) is 1. The van der Waals surface area contributed by atoms with E-state index < -0.39 is 11.7 Å². The van der Waals surface area contributed by atoms with Gasteiger partial charge in [0.1, 0.15) is 5.66 Å². The lowest BCUT2D eigenvalue weighted by molar-refractivity contribution is -0.150. The van der Waals surface area contributed by atoms with Crippen molar-refractivity contribution in [3.63, 3.8) is 0 Å². The minimum absolute atomic E-state index is 0.00994. The highest BCUT2D eigenvalue weighted by atomic mass is 16.5. The van der Waals surface area contributed by atoms with Crippen molar-refractivity contribution in [1.29, 1.82) is 0 Å². The molecule has 1 saturated carbocycles. The van der Waals surface area contributed by atoms with Crippen LogP contribution in [0.1, 0.15) is 63.9 Å². The van der Waals surface area contributed by atoms with Crippen molar-refractivity contribution in [1.82, 2.24) is 20.2 Å². The number of hydrogen-bond acceptors (Lipinski definition) is 6. The van der Waals surface area contributed by atoms with Crippen molar-refractivity contribution in [3.8, 4) is 11.5 Å². The Labute approximate surface area is 194 Å². The Morgan fingerprint density at radius 1 is 1.15 bits per heavy atom. The quantitative estimate of drug-likeness (QED) is 0.676. The lowest BCUT2D eigenvalue weighted by Gasteiger charge is -2.44. The first-order valence-corrected chi connectivity index (χ1v) is 11.9. The number of benzene rings is 1. The van der Waals surface area contributed by atoms with E-state index in [1.54, 1.807) is 24.1 Å². The van der Waals surface area contributed by atoms with E-state index in [1.165, 1.54) is 0 Å². The van der Waals surface area contributed by atoms with Crippen molar-refractivity contribution in [2.75, 3.05) is 27.2 Å². The number of hydrogen-bond donors (Lipinski definition) is 1. The number of methoxy groups -OCH3 is 1. The fraction of sp³-hybridized carbons (Fsp3) is 0.625. The molecular formula is C24H34N4O5. The molecule has 4 rings (SSSR count).